The fraction of sp³-hybridized carbons (Fsp3) is 0.429. The minimum Gasteiger partial charge on any atom is -0.493 e. The molecule has 7 heteroatoms. The molecule has 0 aliphatic heterocycles. The van der Waals surface area contributed by atoms with Gasteiger partial charge >= 0.3 is 0 Å². The van der Waals surface area contributed by atoms with Crippen molar-refractivity contribution in [1.82, 2.24) is 9.78 Å². The van der Waals surface area contributed by atoms with E-state index in [0.29, 0.717) is 6.61 Å². The van der Waals surface area contributed by atoms with Gasteiger partial charge in [-0.25, -0.2) is 4.68 Å². The van der Waals surface area contributed by atoms with Gasteiger partial charge in [-0.2, -0.15) is 5.10 Å². The van der Waals surface area contributed by atoms with Crippen molar-refractivity contribution in [1.29, 1.82) is 0 Å². The van der Waals surface area contributed by atoms with Crippen molar-refractivity contribution in [2.45, 2.75) is 24.3 Å². The number of hydrogen-bond acceptors (Lipinski definition) is 6. The Bertz CT molecular complexity index is 620. The van der Waals surface area contributed by atoms with E-state index < -0.39 is 0 Å². The van der Waals surface area contributed by atoms with Crippen LogP contribution in [0.2, 0.25) is 0 Å². The lowest BCUT2D eigenvalue weighted by molar-refractivity contribution is 0.242. The minimum absolute atomic E-state index is 0.182. The van der Waals surface area contributed by atoms with Crippen LogP contribution in [0, 0.1) is 3.95 Å². The van der Waals surface area contributed by atoms with Gasteiger partial charge in [0.2, 0.25) is 0 Å². The molecule has 0 bridgehead atoms. The van der Waals surface area contributed by atoms with E-state index in [9.17, 15) is 0 Å². The summed E-state index contributed by atoms with van der Waals surface area (Å²) >= 11 is 8.32. The Kier molecular flexibility index (Phi) is 6.08. The van der Waals surface area contributed by atoms with Crippen molar-refractivity contribution < 1.29 is 9.47 Å². The molecule has 0 spiro atoms. The first-order chi connectivity index (χ1) is 10.0. The summed E-state index contributed by atoms with van der Waals surface area (Å²) in [6.45, 7) is 4.65. The quantitative estimate of drug-likeness (QED) is 0.429. The molecule has 0 N–H and O–H groups in total. The normalized spacial score (nSPS) is 10.9. The van der Waals surface area contributed by atoms with Gasteiger partial charge in [0.15, 0.2) is 8.29 Å². The zero-order valence-corrected chi connectivity index (χ0v) is 14.7. The fourth-order valence-electron chi connectivity index (χ4n) is 1.56. The molecule has 0 saturated carbocycles. The number of aryl methyl sites for hydroxylation is 1. The third-order valence-electron chi connectivity index (χ3n) is 2.44. The number of benzene rings is 1. The smallest absolute Gasteiger partial charge is 0.179 e. The fourth-order valence-corrected chi connectivity index (χ4v) is 3.72. The van der Waals surface area contributed by atoms with Crippen LogP contribution in [0.25, 0.3) is 0 Å². The summed E-state index contributed by atoms with van der Waals surface area (Å²) in [5, 5.41) is 4.32. The van der Waals surface area contributed by atoms with Gasteiger partial charge in [-0.15, -0.1) is 0 Å². The van der Waals surface area contributed by atoms with E-state index in [2.05, 4.69) is 5.10 Å². The summed E-state index contributed by atoms with van der Waals surface area (Å²) in [5.41, 5.74) is 0. The lowest BCUT2D eigenvalue weighted by Gasteiger charge is -2.10. The van der Waals surface area contributed by atoms with Crippen LogP contribution in [0.1, 0.15) is 13.8 Å². The molecule has 0 aliphatic rings. The highest BCUT2D eigenvalue weighted by Crippen LogP contribution is 2.22. The molecule has 0 radical (unpaired) electrons. The monoisotopic (exact) mass is 342 g/mol. The Morgan fingerprint density at radius 2 is 1.95 bits per heavy atom. The van der Waals surface area contributed by atoms with E-state index >= 15 is 0 Å². The molecule has 1 aromatic carbocycles. The van der Waals surface area contributed by atoms with E-state index in [0.717, 1.165) is 25.5 Å². The van der Waals surface area contributed by atoms with Crippen molar-refractivity contribution >= 4 is 35.3 Å². The van der Waals surface area contributed by atoms with Gasteiger partial charge < -0.3 is 9.47 Å². The second kappa shape index (κ2) is 7.82. The van der Waals surface area contributed by atoms with Crippen LogP contribution >= 0.6 is 35.3 Å². The second-order valence-corrected chi connectivity index (χ2v) is 7.56. The first-order valence-corrected chi connectivity index (χ1v) is 8.82. The highest BCUT2D eigenvalue weighted by atomic mass is 32.2. The third-order valence-corrected chi connectivity index (χ3v) is 4.96. The summed E-state index contributed by atoms with van der Waals surface area (Å²) in [4.78, 5) is 0. The van der Waals surface area contributed by atoms with Crippen molar-refractivity contribution in [3.63, 3.8) is 0 Å². The molecule has 0 atom stereocenters. The van der Waals surface area contributed by atoms with E-state index in [1.807, 2.05) is 45.2 Å². The summed E-state index contributed by atoms with van der Waals surface area (Å²) in [7, 11) is 1.86. The van der Waals surface area contributed by atoms with E-state index in [4.69, 9.17) is 21.7 Å². The van der Waals surface area contributed by atoms with E-state index in [1.54, 1.807) is 16.4 Å². The molecular weight excluding hydrogens is 324 g/mol. The van der Waals surface area contributed by atoms with Crippen molar-refractivity contribution in [2.24, 2.45) is 7.05 Å². The first-order valence-electron chi connectivity index (χ1n) is 6.61. The second-order valence-electron chi connectivity index (χ2n) is 4.59. The number of rotatable bonds is 7. The number of thioether (sulfide) groups is 1. The van der Waals surface area contributed by atoms with Gasteiger partial charge in [-0.3, -0.25) is 0 Å². The van der Waals surface area contributed by atoms with Gasteiger partial charge in [-0.1, -0.05) is 23.1 Å². The Hall–Kier alpha value is -1.05. The zero-order chi connectivity index (χ0) is 15.2. The molecule has 2 rings (SSSR count). The molecule has 0 aliphatic carbocycles. The van der Waals surface area contributed by atoms with Crippen LogP contribution < -0.4 is 9.47 Å². The van der Waals surface area contributed by atoms with Crippen LogP contribution in [-0.4, -0.2) is 28.2 Å². The van der Waals surface area contributed by atoms with E-state index in [-0.39, 0.29) is 6.10 Å². The average molecular weight is 343 g/mol. The number of nitrogens with zero attached hydrogens (tertiary/aromatic N) is 2. The number of ether oxygens (including phenoxy) is 2. The molecule has 1 aromatic heterocycles. The van der Waals surface area contributed by atoms with Crippen LogP contribution in [0.15, 0.2) is 28.6 Å². The minimum atomic E-state index is 0.182. The van der Waals surface area contributed by atoms with Crippen molar-refractivity contribution in [3.05, 3.63) is 28.2 Å². The molecule has 0 saturated heterocycles. The highest BCUT2D eigenvalue weighted by Gasteiger charge is 2.02. The van der Waals surface area contributed by atoms with Crippen LogP contribution in [0.5, 0.6) is 11.5 Å². The molecule has 4 nitrogen and oxygen atoms in total. The average Bonchev–Trinajstić information content (AvgIpc) is 2.75. The molecular formula is C14H18N2O2S3. The molecule has 0 amide bonds. The molecule has 0 fully saturated rings. The van der Waals surface area contributed by atoms with Crippen molar-refractivity contribution in [2.75, 3.05) is 12.4 Å². The predicted molar refractivity (Wildman–Crippen MR) is 90.3 cm³/mol. The molecule has 21 heavy (non-hydrogen) atoms. The maximum Gasteiger partial charge on any atom is 0.179 e. The number of hydrogen-bond donors (Lipinski definition) is 0. The van der Waals surface area contributed by atoms with Gasteiger partial charge in [0.1, 0.15) is 11.5 Å². The summed E-state index contributed by atoms with van der Waals surface area (Å²) in [6, 6.07) is 7.69. The Morgan fingerprint density at radius 3 is 2.52 bits per heavy atom. The van der Waals surface area contributed by atoms with Gasteiger partial charge in [0.25, 0.3) is 0 Å². The maximum absolute atomic E-state index is 5.69. The Labute approximate surface area is 138 Å². The molecule has 2 aromatic rings. The lowest BCUT2D eigenvalue weighted by atomic mass is 10.3. The summed E-state index contributed by atoms with van der Waals surface area (Å²) < 4.78 is 14.8. The molecule has 1 heterocycles. The molecule has 0 unspecified atom stereocenters. The maximum atomic E-state index is 5.69. The standard InChI is InChI=1S/C14H18N2O2S3/c1-10(2)18-12-6-4-11(5-7-12)17-8-9-20-13-15-16(3)14(19)21-13/h4-7,10H,8-9H2,1-3H3. The predicted octanol–water partition coefficient (Wildman–Crippen LogP) is 4.17. The SMILES string of the molecule is CC(C)Oc1ccc(OCCSc2nn(C)c(=S)s2)cc1. The Morgan fingerprint density at radius 1 is 1.29 bits per heavy atom. The summed E-state index contributed by atoms with van der Waals surface area (Å²) in [6.07, 6.45) is 0.182. The summed E-state index contributed by atoms with van der Waals surface area (Å²) in [5.74, 6) is 2.55. The lowest BCUT2D eigenvalue weighted by Crippen LogP contribution is -2.05. The van der Waals surface area contributed by atoms with Gasteiger partial charge in [0, 0.05) is 12.8 Å². The number of aromatic nitrogens is 2. The van der Waals surface area contributed by atoms with Crippen LogP contribution in [0.3, 0.4) is 0 Å². The van der Waals surface area contributed by atoms with Gasteiger partial charge in [0.05, 0.1) is 12.7 Å². The molecule has 114 valence electrons. The van der Waals surface area contributed by atoms with Gasteiger partial charge in [-0.05, 0) is 50.3 Å². The van der Waals surface area contributed by atoms with E-state index in [1.165, 1.54) is 11.3 Å². The zero-order valence-electron chi connectivity index (χ0n) is 12.2. The third kappa shape index (κ3) is 5.33. The van der Waals surface area contributed by atoms with Crippen molar-refractivity contribution in [3.8, 4) is 11.5 Å². The van der Waals surface area contributed by atoms with Crippen LogP contribution in [0.4, 0.5) is 0 Å². The highest BCUT2D eigenvalue weighted by molar-refractivity contribution is 8.01. The Balaban J connectivity index is 1.74. The topological polar surface area (TPSA) is 36.3 Å². The largest absolute Gasteiger partial charge is 0.493 e. The first kappa shape index (κ1) is 16.3. The van der Waals surface area contributed by atoms with Crippen LogP contribution in [-0.2, 0) is 7.05 Å².